The second-order valence-corrected chi connectivity index (χ2v) is 6.69. The molecule has 0 saturated heterocycles. The minimum atomic E-state index is -0.172. The maximum Gasteiger partial charge on any atom is 0.231 e. The quantitative estimate of drug-likeness (QED) is 0.538. The van der Waals surface area contributed by atoms with Crippen LogP contribution in [0.15, 0.2) is 66.7 Å². The van der Waals surface area contributed by atoms with E-state index in [2.05, 4.69) is 4.98 Å². The molecule has 0 spiro atoms. The van der Waals surface area contributed by atoms with Gasteiger partial charge in [-0.1, -0.05) is 35.3 Å². The third kappa shape index (κ3) is 3.68. The van der Waals surface area contributed by atoms with Crippen LogP contribution in [0.5, 0.6) is 11.5 Å². The molecule has 2 heterocycles. The fraction of sp³-hybridized carbons (Fsp3) is 0.0476. The number of fused-ring (bicyclic) bond motifs is 1. The van der Waals surface area contributed by atoms with Gasteiger partial charge in [-0.2, -0.15) is 0 Å². The molecule has 27 heavy (non-hydrogen) atoms. The minimum absolute atomic E-state index is 0.172. The SMILES string of the molecule is O=C1/C(=C/c2cccnc2)Oc2cc(OCc3c(Cl)cccc3Cl)ccc21. The van der Waals surface area contributed by atoms with Crippen LogP contribution in [0, 0.1) is 0 Å². The number of nitrogens with zero attached hydrogens (tertiary/aromatic N) is 1. The van der Waals surface area contributed by atoms with E-state index in [1.807, 2.05) is 6.07 Å². The first-order valence-electron chi connectivity index (χ1n) is 8.16. The Morgan fingerprint density at radius 2 is 1.89 bits per heavy atom. The van der Waals surface area contributed by atoms with Crippen molar-refractivity contribution in [3.8, 4) is 11.5 Å². The van der Waals surface area contributed by atoms with Crippen LogP contribution in [0.1, 0.15) is 21.5 Å². The van der Waals surface area contributed by atoms with Crippen LogP contribution in [0.4, 0.5) is 0 Å². The molecule has 1 aliphatic rings. The molecule has 1 aromatic heterocycles. The molecule has 0 atom stereocenters. The first kappa shape index (κ1) is 17.6. The number of allylic oxidation sites excluding steroid dienone is 1. The van der Waals surface area contributed by atoms with Gasteiger partial charge in [0.1, 0.15) is 18.1 Å². The lowest BCUT2D eigenvalue weighted by Gasteiger charge is -2.10. The highest BCUT2D eigenvalue weighted by Crippen LogP contribution is 2.35. The maximum absolute atomic E-state index is 12.5. The Balaban J connectivity index is 1.54. The number of pyridine rings is 1. The number of halogens is 2. The van der Waals surface area contributed by atoms with Gasteiger partial charge < -0.3 is 9.47 Å². The Hall–Kier alpha value is -2.82. The number of hydrogen-bond donors (Lipinski definition) is 0. The average molecular weight is 398 g/mol. The second-order valence-electron chi connectivity index (χ2n) is 5.87. The number of ether oxygens (including phenoxy) is 2. The zero-order valence-corrected chi connectivity index (χ0v) is 15.5. The third-order valence-electron chi connectivity index (χ3n) is 4.07. The van der Waals surface area contributed by atoms with E-state index >= 15 is 0 Å². The van der Waals surface area contributed by atoms with E-state index in [1.54, 1.807) is 60.9 Å². The van der Waals surface area contributed by atoms with Crippen molar-refractivity contribution >= 4 is 35.1 Å². The molecule has 0 radical (unpaired) electrons. The molecule has 0 saturated carbocycles. The number of hydrogen-bond acceptors (Lipinski definition) is 4. The highest BCUT2D eigenvalue weighted by Gasteiger charge is 2.27. The summed E-state index contributed by atoms with van der Waals surface area (Å²) in [6.07, 6.45) is 5.00. The fourth-order valence-corrected chi connectivity index (χ4v) is 3.20. The number of rotatable bonds is 4. The van der Waals surface area contributed by atoms with Crippen LogP contribution in [0.3, 0.4) is 0 Å². The van der Waals surface area contributed by atoms with Crippen LogP contribution < -0.4 is 9.47 Å². The van der Waals surface area contributed by atoms with Crippen molar-refractivity contribution in [2.75, 3.05) is 0 Å². The summed E-state index contributed by atoms with van der Waals surface area (Å²) in [6, 6.07) is 14.0. The van der Waals surface area contributed by atoms with Gasteiger partial charge in [-0.05, 0) is 42.0 Å². The summed E-state index contributed by atoms with van der Waals surface area (Å²) in [7, 11) is 0. The topological polar surface area (TPSA) is 48.4 Å². The molecule has 4 rings (SSSR count). The van der Waals surface area contributed by atoms with Gasteiger partial charge in [-0.3, -0.25) is 9.78 Å². The lowest BCUT2D eigenvalue weighted by Crippen LogP contribution is -1.98. The lowest BCUT2D eigenvalue weighted by molar-refractivity contribution is 0.101. The largest absolute Gasteiger partial charge is 0.489 e. The lowest BCUT2D eigenvalue weighted by atomic mass is 10.1. The number of carbonyl (C=O) groups is 1. The molecule has 0 amide bonds. The standard InChI is InChI=1S/C21H13Cl2NO3/c22-17-4-1-5-18(23)16(17)12-26-14-6-7-15-19(10-14)27-20(21(15)25)9-13-3-2-8-24-11-13/h1-11H,12H2/b20-9-. The van der Waals surface area contributed by atoms with Crippen molar-refractivity contribution in [3.05, 3.63) is 93.4 Å². The van der Waals surface area contributed by atoms with Crippen molar-refractivity contribution in [3.63, 3.8) is 0 Å². The van der Waals surface area contributed by atoms with Gasteiger partial charge >= 0.3 is 0 Å². The van der Waals surface area contributed by atoms with Gasteiger partial charge in [0, 0.05) is 34.1 Å². The number of carbonyl (C=O) groups excluding carboxylic acids is 1. The molecule has 6 heteroatoms. The molecule has 0 unspecified atom stereocenters. The molecule has 134 valence electrons. The molecular formula is C21H13Cl2NO3. The van der Waals surface area contributed by atoms with Crippen molar-refractivity contribution in [2.45, 2.75) is 6.61 Å². The van der Waals surface area contributed by atoms with Crippen molar-refractivity contribution < 1.29 is 14.3 Å². The summed E-state index contributed by atoms with van der Waals surface area (Å²) in [5.41, 5.74) is 1.99. The predicted octanol–water partition coefficient (Wildman–Crippen LogP) is 5.58. The van der Waals surface area contributed by atoms with E-state index in [1.165, 1.54) is 0 Å². The Bertz CT molecular complexity index is 1030. The normalized spacial score (nSPS) is 14.1. The first-order valence-corrected chi connectivity index (χ1v) is 8.91. The van der Waals surface area contributed by atoms with E-state index < -0.39 is 0 Å². The summed E-state index contributed by atoms with van der Waals surface area (Å²) in [6.45, 7) is 0.212. The van der Waals surface area contributed by atoms with Crippen LogP contribution in [-0.4, -0.2) is 10.8 Å². The summed E-state index contributed by atoms with van der Waals surface area (Å²) in [5, 5.41) is 1.08. The Morgan fingerprint density at radius 1 is 1.07 bits per heavy atom. The third-order valence-corrected chi connectivity index (χ3v) is 4.78. The van der Waals surface area contributed by atoms with Crippen molar-refractivity contribution in [2.24, 2.45) is 0 Å². The maximum atomic E-state index is 12.5. The predicted molar refractivity (Wildman–Crippen MR) is 104 cm³/mol. The first-order chi connectivity index (χ1) is 13.1. The van der Waals surface area contributed by atoms with Gasteiger partial charge in [0.15, 0.2) is 5.76 Å². The van der Waals surface area contributed by atoms with E-state index in [9.17, 15) is 4.79 Å². The second kappa shape index (κ2) is 7.43. The van der Waals surface area contributed by atoms with E-state index in [-0.39, 0.29) is 18.1 Å². The molecular weight excluding hydrogens is 385 g/mol. The zero-order chi connectivity index (χ0) is 18.8. The molecule has 0 N–H and O–H groups in total. The molecule has 1 aliphatic heterocycles. The van der Waals surface area contributed by atoms with Gasteiger partial charge in [0.2, 0.25) is 5.78 Å². The highest BCUT2D eigenvalue weighted by molar-refractivity contribution is 6.35. The van der Waals surface area contributed by atoms with Gasteiger partial charge in [0.05, 0.1) is 5.56 Å². The molecule has 0 bridgehead atoms. The zero-order valence-electron chi connectivity index (χ0n) is 14.0. The fourth-order valence-electron chi connectivity index (χ4n) is 2.70. The molecule has 3 aromatic rings. The molecule has 2 aromatic carbocycles. The summed E-state index contributed by atoms with van der Waals surface area (Å²) < 4.78 is 11.5. The number of benzene rings is 2. The van der Waals surface area contributed by atoms with Crippen LogP contribution in [0.25, 0.3) is 6.08 Å². The van der Waals surface area contributed by atoms with Crippen LogP contribution >= 0.6 is 23.2 Å². The molecule has 0 fully saturated rings. The van der Waals surface area contributed by atoms with E-state index in [0.717, 1.165) is 5.56 Å². The van der Waals surface area contributed by atoms with Crippen molar-refractivity contribution in [1.82, 2.24) is 4.98 Å². The smallest absolute Gasteiger partial charge is 0.231 e. The number of aromatic nitrogens is 1. The van der Waals surface area contributed by atoms with Crippen LogP contribution in [0.2, 0.25) is 10.0 Å². The molecule has 4 nitrogen and oxygen atoms in total. The average Bonchev–Trinajstić information content (AvgIpc) is 2.97. The molecule has 0 aliphatic carbocycles. The van der Waals surface area contributed by atoms with Gasteiger partial charge in [0.25, 0.3) is 0 Å². The Morgan fingerprint density at radius 3 is 2.63 bits per heavy atom. The highest BCUT2D eigenvalue weighted by atomic mass is 35.5. The van der Waals surface area contributed by atoms with Crippen LogP contribution in [-0.2, 0) is 6.61 Å². The number of ketones is 1. The minimum Gasteiger partial charge on any atom is -0.489 e. The summed E-state index contributed by atoms with van der Waals surface area (Å²) in [4.78, 5) is 16.5. The van der Waals surface area contributed by atoms with E-state index in [0.29, 0.717) is 32.7 Å². The number of Topliss-reactive ketones (excluding diaryl/α,β-unsaturated/α-hetero) is 1. The Kier molecular flexibility index (Phi) is 4.84. The van der Waals surface area contributed by atoms with Gasteiger partial charge in [-0.15, -0.1) is 0 Å². The monoisotopic (exact) mass is 397 g/mol. The Labute approximate surface area is 166 Å². The van der Waals surface area contributed by atoms with Crippen molar-refractivity contribution in [1.29, 1.82) is 0 Å². The van der Waals surface area contributed by atoms with E-state index in [4.69, 9.17) is 32.7 Å². The summed E-state index contributed by atoms with van der Waals surface area (Å²) >= 11 is 12.3. The van der Waals surface area contributed by atoms with Gasteiger partial charge in [-0.25, -0.2) is 0 Å². The summed E-state index contributed by atoms with van der Waals surface area (Å²) in [5.74, 6) is 1.09.